The first kappa shape index (κ1) is 15.7. The third-order valence-corrected chi connectivity index (χ3v) is 3.53. The van der Waals surface area contributed by atoms with Gasteiger partial charge in [-0.15, -0.1) is 0 Å². The van der Waals surface area contributed by atoms with Crippen LogP contribution in [0.4, 0.5) is 10.1 Å². The van der Waals surface area contributed by atoms with E-state index in [-0.39, 0.29) is 17.9 Å². The molecule has 1 heterocycles. The highest BCUT2D eigenvalue weighted by Crippen LogP contribution is 2.19. The van der Waals surface area contributed by atoms with Crippen LogP contribution < -0.4 is 15.6 Å². The number of hydrogen-bond donors (Lipinski definition) is 2. The third kappa shape index (κ3) is 3.43. The van der Waals surface area contributed by atoms with Gasteiger partial charge in [0.05, 0.1) is 5.52 Å². The molecule has 3 aromatic rings. The Labute approximate surface area is 137 Å². The molecular weight excluding hydrogens is 311 g/mol. The van der Waals surface area contributed by atoms with Crippen LogP contribution in [0.1, 0.15) is 5.56 Å². The van der Waals surface area contributed by atoms with Crippen molar-refractivity contribution in [3.8, 4) is 5.75 Å². The first-order valence-electron chi connectivity index (χ1n) is 7.34. The van der Waals surface area contributed by atoms with Crippen molar-refractivity contribution in [3.05, 3.63) is 70.3 Å². The van der Waals surface area contributed by atoms with Gasteiger partial charge < -0.3 is 15.0 Å². The minimum Gasteiger partial charge on any atom is -0.481 e. The first-order chi connectivity index (χ1) is 11.5. The van der Waals surface area contributed by atoms with Crippen LogP contribution in [0.2, 0.25) is 0 Å². The average Bonchev–Trinajstić information content (AvgIpc) is 2.53. The number of para-hydroxylation sites is 1. The molecule has 0 aliphatic carbocycles. The molecule has 0 saturated heterocycles. The van der Waals surface area contributed by atoms with Crippen molar-refractivity contribution in [2.24, 2.45) is 0 Å². The number of fused-ring (bicyclic) bond motifs is 1. The summed E-state index contributed by atoms with van der Waals surface area (Å²) in [4.78, 5) is 26.2. The number of aromatic amines is 1. The van der Waals surface area contributed by atoms with E-state index < -0.39 is 11.7 Å². The SMILES string of the molecule is Cc1cc(=O)[nH]c2cc(NC(=O)COc3ccccc3F)ccc12. The summed E-state index contributed by atoms with van der Waals surface area (Å²) < 4.78 is 18.6. The van der Waals surface area contributed by atoms with E-state index in [1.165, 1.54) is 18.2 Å². The fourth-order valence-electron chi connectivity index (χ4n) is 2.41. The zero-order valence-electron chi connectivity index (χ0n) is 12.9. The van der Waals surface area contributed by atoms with Crippen molar-refractivity contribution >= 4 is 22.5 Å². The Morgan fingerprint density at radius 2 is 2.00 bits per heavy atom. The molecule has 3 rings (SSSR count). The lowest BCUT2D eigenvalue weighted by Crippen LogP contribution is -2.20. The van der Waals surface area contributed by atoms with Crippen molar-refractivity contribution in [2.75, 3.05) is 11.9 Å². The molecule has 0 aliphatic heterocycles. The van der Waals surface area contributed by atoms with Gasteiger partial charge in [-0.05, 0) is 36.8 Å². The maximum Gasteiger partial charge on any atom is 0.262 e. The second kappa shape index (κ2) is 6.54. The quantitative estimate of drug-likeness (QED) is 0.774. The molecule has 0 spiro atoms. The van der Waals surface area contributed by atoms with E-state index in [4.69, 9.17) is 4.74 Å². The van der Waals surface area contributed by atoms with Crippen molar-refractivity contribution in [1.82, 2.24) is 4.98 Å². The Morgan fingerprint density at radius 3 is 2.79 bits per heavy atom. The van der Waals surface area contributed by atoms with Gasteiger partial charge in [0.1, 0.15) is 0 Å². The molecule has 2 N–H and O–H groups in total. The highest BCUT2D eigenvalue weighted by molar-refractivity contribution is 5.94. The predicted octanol–water partition coefficient (Wildman–Crippen LogP) is 2.99. The van der Waals surface area contributed by atoms with Crippen LogP contribution in [-0.4, -0.2) is 17.5 Å². The summed E-state index contributed by atoms with van der Waals surface area (Å²) in [5.41, 5.74) is 1.81. The number of ether oxygens (including phenoxy) is 1. The molecule has 0 aliphatic rings. The highest BCUT2D eigenvalue weighted by atomic mass is 19.1. The monoisotopic (exact) mass is 326 g/mol. The zero-order valence-corrected chi connectivity index (χ0v) is 12.9. The number of pyridine rings is 1. The molecule has 1 aromatic heterocycles. The first-order valence-corrected chi connectivity index (χ1v) is 7.34. The predicted molar refractivity (Wildman–Crippen MR) is 89.8 cm³/mol. The van der Waals surface area contributed by atoms with E-state index >= 15 is 0 Å². The van der Waals surface area contributed by atoms with Crippen LogP contribution in [0.5, 0.6) is 5.75 Å². The van der Waals surface area contributed by atoms with E-state index in [0.717, 1.165) is 10.9 Å². The summed E-state index contributed by atoms with van der Waals surface area (Å²) in [5.74, 6) is -0.928. The van der Waals surface area contributed by atoms with Gasteiger partial charge in [-0.1, -0.05) is 18.2 Å². The number of nitrogens with one attached hydrogen (secondary N) is 2. The number of aromatic nitrogens is 1. The number of halogens is 1. The lowest BCUT2D eigenvalue weighted by molar-refractivity contribution is -0.118. The van der Waals surface area contributed by atoms with Gasteiger partial charge in [0, 0.05) is 17.1 Å². The Hall–Kier alpha value is -3.15. The highest BCUT2D eigenvalue weighted by Gasteiger charge is 2.08. The number of carbonyl (C=O) groups excluding carboxylic acids is 1. The van der Waals surface area contributed by atoms with Crippen LogP contribution >= 0.6 is 0 Å². The molecule has 5 nitrogen and oxygen atoms in total. The average molecular weight is 326 g/mol. The Balaban J connectivity index is 1.71. The molecule has 0 saturated carbocycles. The van der Waals surface area contributed by atoms with Gasteiger partial charge in [0.25, 0.3) is 5.91 Å². The number of amides is 1. The van der Waals surface area contributed by atoms with Gasteiger partial charge in [-0.25, -0.2) is 4.39 Å². The van der Waals surface area contributed by atoms with Gasteiger partial charge >= 0.3 is 0 Å². The molecule has 1 amide bonds. The standard InChI is InChI=1S/C18H15FN2O3/c1-11-8-17(22)21-15-9-12(6-7-13(11)15)20-18(23)10-24-16-5-3-2-4-14(16)19/h2-9H,10H2,1H3,(H,20,23)(H,21,22). The maximum absolute atomic E-state index is 13.4. The van der Waals surface area contributed by atoms with Gasteiger partial charge in [-0.3, -0.25) is 9.59 Å². The molecule has 0 fully saturated rings. The fourth-order valence-corrected chi connectivity index (χ4v) is 2.41. The van der Waals surface area contributed by atoms with Crippen LogP contribution in [0.25, 0.3) is 10.9 Å². The van der Waals surface area contributed by atoms with Gasteiger partial charge in [-0.2, -0.15) is 0 Å². The number of anilines is 1. The van der Waals surface area contributed by atoms with Gasteiger partial charge in [0.15, 0.2) is 18.2 Å². The van der Waals surface area contributed by atoms with Crippen molar-refractivity contribution in [1.29, 1.82) is 0 Å². The molecule has 0 radical (unpaired) electrons. The third-order valence-electron chi connectivity index (χ3n) is 3.53. The van der Waals surface area contributed by atoms with Crippen molar-refractivity contribution < 1.29 is 13.9 Å². The molecule has 6 heteroatoms. The van der Waals surface area contributed by atoms with Crippen LogP contribution in [0.3, 0.4) is 0 Å². The number of hydrogen-bond acceptors (Lipinski definition) is 3. The van der Waals surface area contributed by atoms with Crippen molar-refractivity contribution in [2.45, 2.75) is 6.92 Å². The summed E-state index contributed by atoms with van der Waals surface area (Å²) in [5, 5.41) is 3.55. The molecule has 0 bridgehead atoms. The summed E-state index contributed by atoms with van der Waals surface area (Å²) in [7, 11) is 0. The normalized spacial score (nSPS) is 10.6. The lowest BCUT2D eigenvalue weighted by atomic mass is 10.1. The van der Waals surface area contributed by atoms with Gasteiger partial charge in [0.2, 0.25) is 5.56 Å². The van der Waals surface area contributed by atoms with Crippen LogP contribution in [0.15, 0.2) is 53.3 Å². The summed E-state index contributed by atoms with van der Waals surface area (Å²) >= 11 is 0. The Bertz CT molecular complexity index is 966. The second-order valence-corrected chi connectivity index (χ2v) is 5.34. The van der Waals surface area contributed by atoms with Crippen LogP contribution in [-0.2, 0) is 4.79 Å². The number of rotatable bonds is 4. The second-order valence-electron chi connectivity index (χ2n) is 5.34. The minimum atomic E-state index is -0.524. The largest absolute Gasteiger partial charge is 0.481 e. The lowest BCUT2D eigenvalue weighted by Gasteiger charge is -2.09. The number of benzene rings is 2. The Kier molecular flexibility index (Phi) is 4.29. The smallest absolute Gasteiger partial charge is 0.262 e. The Morgan fingerprint density at radius 1 is 1.21 bits per heavy atom. The van der Waals surface area contributed by atoms with Crippen molar-refractivity contribution in [3.63, 3.8) is 0 Å². The molecule has 0 atom stereocenters. The molecule has 2 aromatic carbocycles. The zero-order chi connectivity index (χ0) is 17.1. The maximum atomic E-state index is 13.4. The summed E-state index contributed by atoms with van der Waals surface area (Å²) in [6.45, 7) is 1.53. The molecule has 24 heavy (non-hydrogen) atoms. The molecule has 0 unspecified atom stereocenters. The minimum absolute atomic E-state index is 0.0196. The van der Waals surface area contributed by atoms with E-state index in [2.05, 4.69) is 10.3 Å². The molecular formula is C18H15FN2O3. The van der Waals surface area contributed by atoms with E-state index in [1.807, 2.05) is 13.0 Å². The number of aryl methyl sites for hydroxylation is 1. The van der Waals surface area contributed by atoms with E-state index in [1.54, 1.807) is 24.3 Å². The van der Waals surface area contributed by atoms with Crippen LogP contribution in [0, 0.1) is 12.7 Å². The van der Waals surface area contributed by atoms with E-state index in [0.29, 0.717) is 11.2 Å². The molecule has 122 valence electrons. The summed E-state index contributed by atoms with van der Waals surface area (Å²) in [6.07, 6.45) is 0. The topological polar surface area (TPSA) is 71.2 Å². The van der Waals surface area contributed by atoms with E-state index in [9.17, 15) is 14.0 Å². The number of carbonyl (C=O) groups is 1. The fraction of sp³-hybridized carbons (Fsp3) is 0.111. The summed E-state index contributed by atoms with van der Waals surface area (Å²) in [6, 6.07) is 12.6. The number of H-pyrrole nitrogens is 1.